The summed E-state index contributed by atoms with van der Waals surface area (Å²) in [6.45, 7) is 0.624. The zero-order chi connectivity index (χ0) is 16.4. The number of nitrogens with zero attached hydrogens (tertiary/aromatic N) is 1. The molecule has 3 rings (SSSR count). The number of hydrogen-bond donors (Lipinski definition) is 3. The lowest BCUT2D eigenvalue weighted by atomic mass is 9.87. The quantitative estimate of drug-likeness (QED) is 0.743. The summed E-state index contributed by atoms with van der Waals surface area (Å²) >= 11 is 0. The van der Waals surface area contributed by atoms with Crippen LogP contribution in [0, 0.1) is 5.82 Å². The van der Waals surface area contributed by atoms with Gasteiger partial charge in [0.05, 0.1) is 18.1 Å². The monoisotopic (exact) mass is 338 g/mol. The first-order valence-electron chi connectivity index (χ1n) is 7.39. The molecule has 1 aliphatic carbocycles. The number of rotatable bonds is 6. The van der Waals surface area contributed by atoms with Crippen molar-refractivity contribution >= 4 is 10.0 Å². The minimum absolute atomic E-state index is 0.0171. The van der Waals surface area contributed by atoms with Crippen LogP contribution in [0.5, 0.6) is 0 Å². The Morgan fingerprint density at radius 2 is 1.96 bits per heavy atom. The van der Waals surface area contributed by atoms with Crippen molar-refractivity contribution in [1.82, 2.24) is 20.2 Å². The van der Waals surface area contributed by atoms with Gasteiger partial charge in [0.1, 0.15) is 5.82 Å². The van der Waals surface area contributed by atoms with Crippen molar-refractivity contribution < 1.29 is 12.8 Å². The summed E-state index contributed by atoms with van der Waals surface area (Å²) in [5.74, 6) is -0.271. The zero-order valence-corrected chi connectivity index (χ0v) is 13.5. The molecular formula is C15H19FN4O2S. The number of halogens is 1. The van der Waals surface area contributed by atoms with Gasteiger partial charge in [-0.2, -0.15) is 5.10 Å². The van der Waals surface area contributed by atoms with E-state index in [1.54, 1.807) is 18.3 Å². The van der Waals surface area contributed by atoms with Crippen LogP contribution in [-0.2, 0) is 16.6 Å². The van der Waals surface area contributed by atoms with Gasteiger partial charge in [-0.1, -0.05) is 0 Å². The van der Waals surface area contributed by atoms with Crippen molar-refractivity contribution in [1.29, 1.82) is 0 Å². The maximum absolute atomic E-state index is 13.0. The minimum Gasteiger partial charge on any atom is -0.310 e. The highest BCUT2D eigenvalue weighted by atomic mass is 32.2. The van der Waals surface area contributed by atoms with Crippen LogP contribution in [0.3, 0.4) is 0 Å². The average Bonchev–Trinajstić information content (AvgIpc) is 2.89. The second-order valence-electron chi connectivity index (χ2n) is 5.91. The van der Waals surface area contributed by atoms with E-state index in [9.17, 15) is 12.8 Å². The van der Waals surface area contributed by atoms with E-state index in [2.05, 4.69) is 20.2 Å². The molecule has 1 aromatic carbocycles. The SMILES string of the molecule is CS(=O)(=O)NC1CC(NCc2cn[nH]c2-c2ccc(F)cc2)C1. The first-order chi connectivity index (χ1) is 10.9. The molecule has 0 bridgehead atoms. The van der Waals surface area contributed by atoms with Gasteiger partial charge in [-0.3, -0.25) is 5.10 Å². The summed E-state index contributed by atoms with van der Waals surface area (Å²) in [6.07, 6.45) is 4.47. The molecule has 0 unspecified atom stereocenters. The number of aromatic amines is 1. The van der Waals surface area contributed by atoms with E-state index < -0.39 is 10.0 Å². The van der Waals surface area contributed by atoms with Crippen molar-refractivity contribution in [3.63, 3.8) is 0 Å². The molecule has 1 heterocycles. The highest BCUT2D eigenvalue weighted by Gasteiger charge is 2.30. The third-order valence-corrected chi connectivity index (χ3v) is 4.71. The van der Waals surface area contributed by atoms with Gasteiger partial charge in [-0.25, -0.2) is 17.5 Å². The van der Waals surface area contributed by atoms with Gasteiger partial charge in [0.15, 0.2) is 0 Å². The molecule has 8 heteroatoms. The van der Waals surface area contributed by atoms with Crippen molar-refractivity contribution in [2.75, 3.05) is 6.26 Å². The Kier molecular flexibility index (Phi) is 4.47. The molecule has 1 fully saturated rings. The summed E-state index contributed by atoms with van der Waals surface area (Å²) in [6, 6.07) is 6.55. The molecule has 0 atom stereocenters. The maximum atomic E-state index is 13.0. The van der Waals surface area contributed by atoms with Gasteiger partial charge < -0.3 is 5.32 Å². The molecule has 23 heavy (non-hydrogen) atoms. The standard InChI is InChI=1S/C15H19FN4O2S/c1-23(21,22)20-14-6-13(7-14)17-8-11-9-18-19-15(11)10-2-4-12(16)5-3-10/h2-5,9,13-14,17,20H,6-8H2,1H3,(H,18,19). The van der Waals surface area contributed by atoms with Gasteiger partial charge in [0.25, 0.3) is 0 Å². The lowest BCUT2D eigenvalue weighted by molar-refractivity contribution is 0.274. The maximum Gasteiger partial charge on any atom is 0.208 e. The lowest BCUT2D eigenvalue weighted by Crippen LogP contribution is -2.51. The summed E-state index contributed by atoms with van der Waals surface area (Å²) in [5, 5.41) is 10.4. The number of sulfonamides is 1. The summed E-state index contributed by atoms with van der Waals surface area (Å²) in [7, 11) is -3.14. The Morgan fingerprint density at radius 1 is 1.26 bits per heavy atom. The van der Waals surface area contributed by atoms with Crippen molar-refractivity contribution in [3.05, 3.63) is 41.8 Å². The molecule has 1 saturated carbocycles. The van der Waals surface area contributed by atoms with Crippen LogP contribution in [0.4, 0.5) is 4.39 Å². The van der Waals surface area contributed by atoms with Gasteiger partial charge in [0.2, 0.25) is 10.0 Å². The number of H-pyrrole nitrogens is 1. The Labute approximate surface area is 134 Å². The second-order valence-corrected chi connectivity index (χ2v) is 7.69. The molecule has 0 amide bonds. The average molecular weight is 338 g/mol. The fourth-order valence-electron chi connectivity index (χ4n) is 2.75. The van der Waals surface area contributed by atoms with Crippen LogP contribution in [-0.4, -0.2) is 37.0 Å². The Bertz CT molecular complexity index is 767. The topological polar surface area (TPSA) is 86.9 Å². The highest BCUT2D eigenvalue weighted by molar-refractivity contribution is 7.88. The van der Waals surface area contributed by atoms with Gasteiger partial charge in [-0.05, 0) is 37.1 Å². The number of nitrogens with one attached hydrogen (secondary N) is 3. The van der Waals surface area contributed by atoms with E-state index in [0.717, 1.165) is 29.7 Å². The normalized spacial score (nSPS) is 21.1. The molecule has 0 spiro atoms. The summed E-state index contributed by atoms with van der Waals surface area (Å²) < 4.78 is 37.9. The van der Waals surface area contributed by atoms with Crippen LogP contribution >= 0.6 is 0 Å². The molecule has 1 aliphatic rings. The van der Waals surface area contributed by atoms with Crippen molar-refractivity contribution in [3.8, 4) is 11.3 Å². The molecule has 124 valence electrons. The van der Waals surface area contributed by atoms with Crippen LogP contribution in [0.1, 0.15) is 18.4 Å². The van der Waals surface area contributed by atoms with E-state index in [0.29, 0.717) is 6.54 Å². The minimum atomic E-state index is -3.14. The Balaban J connectivity index is 1.55. The van der Waals surface area contributed by atoms with E-state index in [4.69, 9.17) is 0 Å². The Hall–Kier alpha value is -1.77. The van der Waals surface area contributed by atoms with E-state index in [-0.39, 0.29) is 17.9 Å². The van der Waals surface area contributed by atoms with Crippen LogP contribution in [0.2, 0.25) is 0 Å². The molecule has 1 aromatic heterocycles. The first-order valence-corrected chi connectivity index (χ1v) is 9.29. The second kappa shape index (κ2) is 6.38. The van der Waals surface area contributed by atoms with Crippen LogP contribution < -0.4 is 10.0 Å². The first kappa shape index (κ1) is 16.1. The lowest BCUT2D eigenvalue weighted by Gasteiger charge is -2.35. The van der Waals surface area contributed by atoms with Crippen molar-refractivity contribution in [2.45, 2.75) is 31.5 Å². The zero-order valence-electron chi connectivity index (χ0n) is 12.7. The third-order valence-electron chi connectivity index (χ3n) is 3.95. The third kappa shape index (κ3) is 4.15. The predicted molar refractivity (Wildman–Crippen MR) is 85.6 cm³/mol. The van der Waals surface area contributed by atoms with E-state index in [1.165, 1.54) is 18.4 Å². The van der Waals surface area contributed by atoms with E-state index in [1.807, 2.05) is 0 Å². The van der Waals surface area contributed by atoms with Gasteiger partial charge in [-0.15, -0.1) is 0 Å². The highest BCUT2D eigenvalue weighted by Crippen LogP contribution is 2.24. The number of benzene rings is 1. The van der Waals surface area contributed by atoms with Gasteiger partial charge >= 0.3 is 0 Å². The predicted octanol–water partition coefficient (Wildman–Crippen LogP) is 1.39. The number of hydrogen-bond acceptors (Lipinski definition) is 4. The fraction of sp³-hybridized carbons (Fsp3) is 0.400. The number of aromatic nitrogens is 2. The van der Waals surface area contributed by atoms with Crippen molar-refractivity contribution in [2.24, 2.45) is 0 Å². The molecule has 0 radical (unpaired) electrons. The summed E-state index contributed by atoms with van der Waals surface area (Å²) in [5.41, 5.74) is 2.74. The molecular weight excluding hydrogens is 319 g/mol. The molecule has 3 N–H and O–H groups in total. The van der Waals surface area contributed by atoms with Crippen LogP contribution in [0.25, 0.3) is 11.3 Å². The molecule has 0 aliphatic heterocycles. The van der Waals surface area contributed by atoms with Crippen LogP contribution in [0.15, 0.2) is 30.5 Å². The molecule has 6 nitrogen and oxygen atoms in total. The Morgan fingerprint density at radius 3 is 2.61 bits per heavy atom. The van der Waals surface area contributed by atoms with E-state index >= 15 is 0 Å². The largest absolute Gasteiger partial charge is 0.310 e. The summed E-state index contributed by atoms with van der Waals surface area (Å²) in [4.78, 5) is 0. The van der Waals surface area contributed by atoms with Gasteiger partial charge in [0, 0.05) is 29.8 Å². The smallest absolute Gasteiger partial charge is 0.208 e. The molecule has 2 aromatic rings. The fourth-order valence-corrected chi connectivity index (χ4v) is 3.55. The molecule has 0 saturated heterocycles.